The van der Waals surface area contributed by atoms with E-state index in [1.54, 1.807) is 13.0 Å². The van der Waals surface area contributed by atoms with Gasteiger partial charge in [-0.05, 0) is 43.7 Å². The first kappa shape index (κ1) is 23.1. The van der Waals surface area contributed by atoms with Gasteiger partial charge in [-0.25, -0.2) is 22.2 Å². The molecule has 176 valence electrons. The van der Waals surface area contributed by atoms with E-state index >= 15 is 0 Å². The van der Waals surface area contributed by atoms with Gasteiger partial charge in [-0.1, -0.05) is 0 Å². The molecule has 1 atom stereocenters. The van der Waals surface area contributed by atoms with Gasteiger partial charge in [-0.2, -0.15) is 0 Å². The molecule has 1 fully saturated rings. The zero-order valence-corrected chi connectivity index (χ0v) is 19.2. The molecule has 2 aromatic rings. The number of benzene rings is 1. The maximum atomic E-state index is 14.8. The van der Waals surface area contributed by atoms with Gasteiger partial charge in [-0.3, -0.25) is 9.79 Å². The fraction of sp³-hybridized carbons (Fsp3) is 0.409. The number of hydrogen-bond donors (Lipinski definition) is 2. The van der Waals surface area contributed by atoms with E-state index < -0.39 is 43.8 Å². The molecule has 0 unspecified atom stereocenters. The third-order valence-corrected chi connectivity index (χ3v) is 8.99. The lowest BCUT2D eigenvalue weighted by Crippen LogP contribution is -2.65. The predicted molar refractivity (Wildman–Crippen MR) is 120 cm³/mol. The molecule has 3 N–H and O–H groups in total. The largest absolute Gasteiger partial charge is 0.495 e. The summed E-state index contributed by atoms with van der Waals surface area (Å²) in [6.45, 7) is 3.15. The number of anilines is 1. The Morgan fingerprint density at radius 2 is 2.00 bits per heavy atom. The Labute approximate surface area is 190 Å². The molecule has 4 rings (SSSR count). The molecule has 33 heavy (non-hydrogen) atoms. The number of aromatic nitrogens is 1. The average Bonchev–Trinajstić information content (AvgIpc) is 2.70. The molecule has 1 aromatic carbocycles. The Morgan fingerprint density at radius 3 is 2.58 bits per heavy atom. The molecule has 1 amide bonds. The van der Waals surface area contributed by atoms with Crippen LogP contribution in [0.1, 0.15) is 41.4 Å². The molecule has 0 saturated heterocycles. The van der Waals surface area contributed by atoms with Gasteiger partial charge < -0.3 is 15.8 Å². The van der Waals surface area contributed by atoms with E-state index in [0.717, 1.165) is 6.07 Å². The lowest BCUT2D eigenvalue weighted by molar-refractivity contribution is 0.102. The molecule has 1 saturated carbocycles. The molecular weight excluding hydrogens is 454 g/mol. The number of amidine groups is 1. The van der Waals surface area contributed by atoms with Crippen LogP contribution in [-0.4, -0.2) is 48.9 Å². The molecule has 2 aliphatic rings. The highest BCUT2D eigenvalue weighted by molar-refractivity contribution is 7.93. The molecule has 1 spiro atoms. The summed E-state index contributed by atoms with van der Waals surface area (Å²) in [5.74, 6) is -1.47. The van der Waals surface area contributed by atoms with Crippen molar-refractivity contribution in [2.45, 2.75) is 43.1 Å². The van der Waals surface area contributed by atoms with Gasteiger partial charge in [0, 0.05) is 24.1 Å². The van der Waals surface area contributed by atoms with Crippen LogP contribution in [0.4, 0.5) is 14.5 Å². The Hall–Kier alpha value is -3.08. The summed E-state index contributed by atoms with van der Waals surface area (Å²) < 4.78 is 58.0. The summed E-state index contributed by atoms with van der Waals surface area (Å²) in [5, 5.41) is 2.65. The van der Waals surface area contributed by atoms with Crippen LogP contribution in [0, 0.1) is 12.7 Å². The number of nitrogens with two attached hydrogens (primary N) is 1. The highest BCUT2D eigenvalue weighted by Crippen LogP contribution is 2.48. The normalized spacial score (nSPS) is 28.0. The van der Waals surface area contributed by atoms with Crippen molar-refractivity contribution >= 4 is 27.3 Å². The first-order valence-electron chi connectivity index (χ1n) is 10.2. The molecular formula is C22H24F2N4O4S. The van der Waals surface area contributed by atoms with E-state index in [4.69, 9.17) is 10.5 Å². The predicted octanol–water partition coefficient (Wildman–Crippen LogP) is 2.66. The van der Waals surface area contributed by atoms with Crippen LogP contribution in [0.3, 0.4) is 0 Å². The molecule has 0 bridgehead atoms. The van der Waals surface area contributed by atoms with E-state index in [2.05, 4.69) is 15.3 Å². The number of aryl methyl sites for hydroxylation is 1. The number of nitrogens with zero attached hydrogens (tertiary/aromatic N) is 2. The maximum Gasteiger partial charge on any atom is 0.274 e. The van der Waals surface area contributed by atoms with E-state index in [9.17, 15) is 22.0 Å². The van der Waals surface area contributed by atoms with Crippen molar-refractivity contribution in [3.63, 3.8) is 0 Å². The third-order valence-electron chi connectivity index (χ3n) is 6.31. The monoisotopic (exact) mass is 478 g/mol. The minimum atomic E-state index is -3.90. The molecule has 1 aliphatic carbocycles. The van der Waals surface area contributed by atoms with Gasteiger partial charge in [0.25, 0.3) is 5.91 Å². The second-order valence-corrected chi connectivity index (χ2v) is 11.0. The fourth-order valence-electron chi connectivity index (χ4n) is 4.43. The van der Waals surface area contributed by atoms with Crippen LogP contribution in [0.25, 0.3) is 0 Å². The number of nitrogens with one attached hydrogen (secondary N) is 1. The van der Waals surface area contributed by atoms with Gasteiger partial charge in [-0.15, -0.1) is 0 Å². The number of methoxy groups -OCH3 is 1. The van der Waals surface area contributed by atoms with E-state index in [1.807, 2.05) is 0 Å². The SMILES string of the molecule is COc1cnc(C(=O)Nc2ccc(F)c([C@]3(C)CS(=O)(=O)[C@]4(C[C@H](F)C4)C(N)=N3)c2)c(C)c1. The summed E-state index contributed by atoms with van der Waals surface area (Å²) in [7, 11) is -2.42. The number of rotatable bonds is 4. The quantitative estimate of drug-likeness (QED) is 0.696. The lowest BCUT2D eigenvalue weighted by atomic mass is 9.80. The van der Waals surface area contributed by atoms with E-state index in [-0.39, 0.29) is 35.6 Å². The summed E-state index contributed by atoms with van der Waals surface area (Å²) in [6, 6.07) is 5.45. The van der Waals surface area contributed by atoms with Crippen molar-refractivity contribution in [1.29, 1.82) is 0 Å². The summed E-state index contributed by atoms with van der Waals surface area (Å²) in [6.07, 6.45) is -0.342. The Balaban J connectivity index is 1.67. The number of aliphatic imine (C=N–C) groups is 1. The van der Waals surface area contributed by atoms with Gasteiger partial charge >= 0.3 is 0 Å². The van der Waals surface area contributed by atoms with Crippen LogP contribution in [0.5, 0.6) is 5.75 Å². The number of sulfone groups is 1. The minimum absolute atomic E-state index is 0.0443. The van der Waals surface area contributed by atoms with Crippen molar-refractivity contribution in [3.05, 3.63) is 53.1 Å². The molecule has 8 nitrogen and oxygen atoms in total. The number of carbonyl (C=O) groups is 1. The zero-order valence-electron chi connectivity index (χ0n) is 18.4. The van der Waals surface area contributed by atoms with Crippen LogP contribution >= 0.6 is 0 Å². The third kappa shape index (κ3) is 3.73. The molecule has 1 aromatic heterocycles. The first-order valence-corrected chi connectivity index (χ1v) is 11.9. The molecule has 0 radical (unpaired) electrons. The van der Waals surface area contributed by atoms with Crippen LogP contribution in [0.15, 0.2) is 35.5 Å². The van der Waals surface area contributed by atoms with Crippen molar-refractivity contribution < 1.29 is 26.7 Å². The van der Waals surface area contributed by atoms with Crippen molar-refractivity contribution in [2.24, 2.45) is 10.7 Å². The molecule has 11 heteroatoms. The van der Waals surface area contributed by atoms with E-state index in [1.165, 1.54) is 32.4 Å². The number of alkyl halides is 1. The van der Waals surface area contributed by atoms with Gasteiger partial charge in [0.1, 0.15) is 39.6 Å². The van der Waals surface area contributed by atoms with Crippen LogP contribution < -0.4 is 15.8 Å². The second kappa shape index (κ2) is 7.75. The smallest absolute Gasteiger partial charge is 0.274 e. The summed E-state index contributed by atoms with van der Waals surface area (Å²) >= 11 is 0. The van der Waals surface area contributed by atoms with Crippen LogP contribution in [0.2, 0.25) is 0 Å². The Bertz CT molecular complexity index is 1280. The fourth-order valence-corrected chi connectivity index (χ4v) is 6.90. The highest BCUT2D eigenvalue weighted by atomic mass is 32.2. The van der Waals surface area contributed by atoms with Crippen LogP contribution in [-0.2, 0) is 15.4 Å². The average molecular weight is 479 g/mol. The second-order valence-electron chi connectivity index (χ2n) is 8.72. The minimum Gasteiger partial charge on any atom is -0.495 e. The topological polar surface area (TPSA) is 124 Å². The van der Waals surface area contributed by atoms with Crippen molar-refractivity contribution in [1.82, 2.24) is 4.98 Å². The number of halogens is 2. The Kier molecular flexibility index (Phi) is 5.43. The lowest BCUT2D eigenvalue weighted by Gasteiger charge is -2.48. The number of carbonyl (C=O) groups excluding carboxylic acids is 1. The number of ether oxygens (including phenoxy) is 1. The number of amides is 1. The standard InChI is InChI=1S/C22H24F2N4O4S/c1-12-6-15(32-3)10-26-18(12)19(29)27-14-4-5-17(24)16(7-14)21(2)11-33(30,31)22(20(25)28-21)8-13(23)9-22/h4-7,10,13H,8-9,11H2,1-3H3,(H2,25,28)(H,27,29)/t13-,21-,22-/m0/s1. The van der Waals surface area contributed by atoms with Crippen molar-refractivity contribution in [3.8, 4) is 5.75 Å². The van der Waals surface area contributed by atoms with Gasteiger partial charge in [0.05, 0.1) is 19.1 Å². The zero-order chi connectivity index (χ0) is 24.2. The number of pyridine rings is 1. The maximum absolute atomic E-state index is 14.8. The number of hydrogen-bond acceptors (Lipinski definition) is 7. The Morgan fingerprint density at radius 1 is 1.30 bits per heavy atom. The summed E-state index contributed by atoms with van der Waals surface area (Å²) in [5.41, 5.74) is 5.39. The van der Waals surface area contributed by atoms with Gasteiger partial charge in [0.15, 0.2) is 9.84 Å². The molecule has 2 heterocycles. The highest BCUT2D eigenvalue weighted by Gasteiger charge is 2.61. The van der Waals surface area contributed by atoms with E-state index in [0.29, 0.717) is 11.3 Å². The summed E-state index contributed by atoms with van der Waals surface area (Å²) in [4.78, 5) is 21.1. The van der Waals surface area contributed by atoms with Crippen molar-refractivity contribution in [2.75, 3.05) is 18.2 Å². The first-order chi connectivity index (χ1) is 15.4. The molecule has 1 aliphatic heterocycles. The van der Waals surface area contributed by atoms with Gasteiger partial charge in [0.2, 0.25) is 0 Å².